The number of hydrogen-bond donors (Lipinski definition) is 1. The fraction of sp³-hybridized carbons (Fsp3) is 0.235. The van der Waals surface area contributed by atoms with E-state index in [0.29, 0.717) is 5.56 Å². The third-order valence-electron chi connectivity index (χ3n) is 3.97. The maximum absolute atomic E-state index is 11.6. The van der Waals surface area contributed by atoms with Crippen molar-refractivity contribution in [3.63, 3.8) is 0 Å². The first-order valence-corrected chi connectivity index (χ1v) is 7.77. The van der Waals surface area contributed by atoms with Crippen LogP contribution in [0.25, 0.3) is 0 Å². The summed E-state index contributed by atoms with van der Waals surface area (Å²) >= 11 is 3.45. The number of para-hydroxylation sites is 1. The van der Waals surface area contributed by atoms with Crippen molar-refractivity contribution in [2.24, 2.45) is 0 Å². The van der Waals surface area contributed by atoms with Crippen molar-refractivity contribution in [3.05, 3.63) is 58.1 Å². The monoisotopic (exact) mass is 345 g/mol. The highest BCUT2D eigenvalue weighted by molar-refractivity contribution is 9.10. The third-order valence-corrected chi connectivity index (χ3v) is 4.47. The first kappa shape index (κ1) is 14.1. The van der Waals surface area contributed by atoms with Crippen LogP contribution in [0.1, 0.15) is 29.3 Å². The first-order chi connectivity index (χ1) is 10.1. The van der Waals surface area contributed by atoms with E-state index in [2.05, 4.69) is 39.9 Å². The SMILES string of the molecule is CC1CCc2ccccc2N1c1cc(Br)ccc1C(=O)O. The molecule has 0 amide bonds. The number of benzene rings is 2. The Kier molecular flexibility index (Phi) is 3.72. The second-order valence-corrected chi connectivity index (χ2v) is 6.27. The molecular weight excluding hydrogens is 330 g/mol. The van der Waals surface area contributed by atoms with E-state index in [0.717, 1.165) is 28.7 Å². The van der Waals surface area contributed by atoms with Gasteiger partial charge in [0.2, 0.25) is 0 Å². The van der Waals surface area contributed by atoms with Crippen LogP contribution >= 0.6 is 15.9 Å². The highest BCUT2D eigenvalue weighted by Crippen LogP contribution is 2.39. The van der Waals surface area contributed by atoms with Gasteiger partial charge in [0.05, 0.1) is 11.3 Å². The molecule has 21 heavy (non-hydrogen) atoms. The second kappa shape index (κ2) is 5.53. The topological polar surface area (TPSA) is 40.5 Å². The van der Waals surface area contributed by atoms with E-state index in [4.69, 9.17) is 0 Å². The lowest BCUT2D eigenvalue weighted by molar-refractivity contribution is 0.0697. The number of rotatable bonds is 2. The molecule has 0 aliphatic carbocycles. The van der Waals surface area contributed by atoms with Gasteiger partial charge in [-0.3, -0.25) is 0 Å². The quantitative estimate of drug-likeness (QED) is 0.863. The van der Waals surface area contributed by atoms with Crippen molar-refractivity contribution < 1.29 is 9.90 Å². The average Bonchev–Trinajstić information content (AvgIpc) is 2.46. The van der Waals surface area contributed by atoms with Crippen LogP contribution in [0.2, 0.25) is 0 Å². The van der Waals surface area contributed by atoms with Gasteiger partial charge < -0.3 is 10.0 Å². The molecule has 108 valence electrons. The summed E-state index contributed by atoms with van der Waals surface area (Å²) in [7, 11) is 0. The van der Waals surface area contributed by atoms with Gasteiger partial charge in [0, 0.05) is 16.2 Å². The number of carboxylic acids is 1. The van der Waals surface area contributed by atoms with Gasteiger partial charge in [-0.05, 0) is 49.6 Å². The summed E-state index contributed by atoms with van der Waals surface area (Å²) in [5.74, 6) is -0.896. The zero-order valence-corrected chi connectivity index (χ0v) is 13.3. The van der Waals surface area contributed by atoms with Crippen molar-refractivity contribution in [3.8, 4) is 0 Å². The smallest absolute Gasteiger partial charge is 0.337 e. The lowest BCUT2D eigenvalue weighted by atomic mass is 9.95. The number of aryl methyl sites for hydroxylation is 1. The molecule has 1 N–H and O–H groups in total. The molecule has 1 unspecified atom stereocenters. The number of hydrogen-bond acceptors (Lipinski definition) is 2. The van der Waals surface area contributed by atoms with Crippen molar-refractivity contribution in [1.82, 2.24) is 0 Å². The molecule has 0 aromatic heterocycles. The molecule has 4 heteroatoms. The minimum Gasteiger partial charge on any atom is -0.478 e. The number of fused-ring (bicyclic) bond motifs is 1. The number of carboxylic acid groups (broad SMARTS) is 1. The molecule has 0 bridgehead atoms. The van der Waals surface area contributed by atoms with Crippen LogP contribution in [-0.2, 0) is 6.42 Å². The van der Waals surface area contributed by atoms with Gasteiger partial charge in [0.15, 0.2) is 0 Å². The Labute approximate surface area is 132 Å². The third kappa shape index (κ3) is 2.56. The number of halogens is 1. The molecule has 0 radical (unpaired) electrons. The number of aromatic carboxylic acids is 1. The van der Waals surface area contributed by atoms with E-state index in [1.165, 1.54) is 5.56 Å². The molecule has 1 aliphatic heterocycles. The fourth-order valence-electron chi connectivity index (χ4n) is 2.94. The molecule has 0 saturated carbocycles. The highest BCUT2D eigenvalue weighted by Gasteiger charge is 2.27. The largest absolute Gasteiger partial charge is 0.478 e. The van der Waals surface area contributed by atoms with Crippen LogP contribution < -0.4 is 4.90 Å². The molecule has 2 aromatic rings. The van der Waals surface area contributed by atoms with Crippen molar-refractivity contribution in [2.45, 2.75) is 25.8 Å². The molecule has 1 atom stereocenters. The van der Waals surface area contributed by atoms with Gasteiger partial charge in [-0.2, -0.15) is 0 Å². The van der Waals surface area contributed by atoms with Crippen LogP contribution in [0.15, 0.2) is 46.9 Å². The second-order valence-electron chi connectivity index (χ2n) is 5.35. The van der Waals surface area contributed by atoms with Crippen molar-refractivity contribution in [2.75, 3.05) is 4.90 Å². The summed E-state index contributed by atoms with van der Waals surface area (Å²) in [5, 5.41) is 9.48. The summed E-state index contributed by atoms with van der Waals surface area (Å²) in [6.07, 6.45) is 2.05. The van der Waals surface area contributed by atoms with Gasteiger partial charge >= 0.3 is 5.97 Å². The first-order valence-electron chi connectivity index (χ1n) is 6.98. The van der Waals surface area contributed by atoms with Gasteiger partial charge in [0.25, 0.3) is 0 Å². The molecule has 1 aliphatic rings. The van der Waals surface area contributed by atoms with Gasteiger partial charge in [-0.1, -0.05) is 34.1 Å². The fourth-order valence-corrected chi connectivity index (χ4v) is 3.29. The van der Waals surface area contributed by atoms with E-state index >= 15 is 0 Å². The predicted molar refractivity (Wildman–Crippen MR) is 87.5 cm³/mol. The summed E-state index contributed by atoms with van der Waals surface area (Å²) in [6.45, 7) is 2.14. The summed E-state index contributed by atoms with van der Waals surface area (Å²) in [5.41, 5.74) is 3.46. The Hall–Kier alpha value is -1.81. The maximum Gasteiger partial charge on any atom is 0.337 e. The van der Waals surface area contributed by atoms with E-state index in [1.807, 2.05) is 18.2 Å². The molecular formula is C17H16BrNO2. The lowest BCUT2D eigenvalue weighted by Crippen LogP contribution is -2.34. The molecule has 0 spiro atoms. The Balaban J connectivity index is 2.20. The van der Waals surface area contributed by atoms with E-state index in [1.54, 1.807) is 12.1 Å². The predicted octanol–water partition coefficient (Wildman–Crippen LogP) is 4.62. The van der Waals surface area contributed by atoms with E-state index in [9.17, 15) is 9.90 Å². The number of nitrogens with zero attached hydrogens (tertiary/aromatic N) is 1. The maximum atomic E-state index is 11.6. The lowest BCUT2D eigenvalue weighted by Gasteiger charge is -2.37. The molecule has 0 fully saturated rings. The van der Waals surface area contributed by atoms with Crippen LogP contribution in [0.4, 0.5) is 11.4 Å². The van der Waals surface area contributed by atoms with Crippen LogP contribution in [-0.4, -0.2) is 17.1 Å². The zero-order valence-electron chi connectivity index (χ0n) is 11.7. The molecule has 1 heterocycles. The van der Waals surface area contributed by atoms with Crippen molar-refractivity contribution >= 4 is 33.3 Å². The Morgan fingerprint density at radius 2 is 2.00 bits per heavy atom. The Morgan fingerprint density at radius 3 is 2.76 bits per heavy atom. The highest BCUT2D eigenvalue weighted by atomic mass is 79.9. The van der Waals surface area contributed by atoms with Gasteiger partial charge in [-0.25, -0.2) is 4.79 Å². The summed E-state index contributed by atoms with van der Waals surface area (Å²) < 4.78 is 0.887. The van der Waals surface area contributed by atoms with Crippen LogP contribution in [0, 0.1) is 0 Å². The molecule has 3 nitrogen and oxygen atoms in total. The number of carbonyl (C=O) groups is 1. The van der Waals surface area contributed by atoms with Gasteiger partial charge in [-0.15, -0.1) is 0 Å². The molecule has 3 rings (SSSR count). The van der Waals surface area contributed by atoms with E-state index < -0.39 is 5.97 Å². The summed E-state index contributed by atoms with van der Waals surface area (Å²) in [4.78, 5) is 13.7. The van der Waals surface area contributed by atoms with Crippen LogP contribution in [0.3, 0.4) is 0 Å². The number of anilines is 2. The standard InChI is InChI=1S/C17H16BrNO2/c1-11-6-7-12-4-2-3-5-15(12)19(11)16-10-13(18)8-9-14(16)17(20)21/h2-5,8-11H,6-7H2,1H3,(H,20,21). The normalized spacial score (nSPS) is 17.4. The van der Waals surface area contributed by atoms with Crippen molar-refractivity contribution in [1.29, 1.82) is 0 Å². The van der Waals surface area contributed by atoms with Crippen LogP contribution in [0.5, 0.6) is 0 Å². The Bertz CT molecular complexity index is 699. The zero-order chi connectivity index (χ0) is 15.0. The average molecular weight is 346 g/mol. The molecule has 0 saturated heterocycles. The molecule has 2 aromatic carbocycles. The van der Waals surface area contributed by atoms with E-state index in [-0.39, 0.29) is 6.04 Å². The van der Waals surface area contributed by atoms with Gasteiger partial charge in [0.1, 0.15) is 0 Å². The summed E-state index contributed by atoms with van der Waals surface area (Å²) in [6, 6.07) is 13.8. The minimum atomic E-state index is -0.896. The Morgan fingerprint density at radius 1 is 1.24 bits per heavy atom. The minimum absolute atomic E-state index is 0.271.